The number of nitrogens with zero attached hydrogens (tertiary/aromatic N) is 6. The van der Waals surface area contributed by atoms with Crippen LogP contribution in [0.5, 0.6) is 0 Å². The number of para-hydroxylation sites is 2. The third-order valence-corrected chi connectivity index (χ3v) is 5.03. The molecule has 0 aliphatic carbocycles. The second-order valence-corrected chi connectivity index (χ2v) is 6.64. The van der Waals surface area contributed by atoms with Crippen molar-refractivity contribution in [3.8, 4) is 6.07 Å². The van der Waals surface area contributed by atoms with Gasteiger partial charge in [-0.05, 0) is 43.5 Å². The Morgan fingerprint density at radius 3 is 3.08 bits per heavy atom. The van der Waals surface area contributed by atoms with Crippen LogP contribution in [0.1, 0.15) is 35.8 Å². The lowest BCUT2D eigenvalue weighted by atomic mass is 10.1. The molecule has 1 N–H and O–H groups in total. The monoisotopic (exact) mass is 343 g/mol. The molecule has 128 valence electrons. The van der Waals surface area contributed by atoms with Gasteiger partial charge in [-0.1, -0.05) is 12.1 Å². The van der Waals surface area contributed by atoms with Crippen molar-refractivity contribution in [3.05, 3.63) is 53.6 Å². The number of nitrogens with one attached hydrogen (secondary N) is 1. The van der Waals surface area contributed by atoms with Crippen LogP contribution in [0.2, 0.25) is 0 Å². The number of fused-ring (bicyclic) bond motifs is 4. The van der Waals surface area contributed by atoms with Crippen LogP contribution in [-0.4, -0.2) is 24.1 Å². The Morgan fingerprint density at radius 1 is 1.31 bits per heavy atom. The predicted octanol–water partition coefficient (Wildman–Crippen LogP) is 3.21. The van der Waals surface area contributed by atoms with E-state index >= 15 is 0 Å². The molecule has 4 heterocycles. The lowest BCUT2D eigenvalue weighted by Gasteiger charge is -2.25. The topological polar surface area (TPSA) is 83.8 Å². The van der Waals surface area contributed by atoms with Crippen LogP contribution in [0.25, 0.3) is 16.7 Å². The summed E-state index contributed by atoms with van der Waals surface area (Å²) in [6, 6.07) is 12.4. The molecule has 5 rings (SSSR count). The number of pyridine rings is 1. The van der Waals surface area contributed by atoms with Crippen molar-refractivity contribution in [2.24, 2.45) is 0 Å². The minimum absolute atomic E-state index is 0.0861. The molecule has 0 unspecified atom stereocenters. The first-order valence-electron chi connectivity index (χ1n) is 8.71. The first-order chi connectivity index (χ1) is 12.8. The standard InChI is InChI=1S/C19H17N7/c1-12-9-17(23-15-6-4-8-25-19(15)21-11-22-25)26-16-7-3-2-5-14(16)24-18(26)13(12)10-20/h2-3,5,7,9,11,15,23H,4,6,8H2,1H3/t15-/m0/s1. The average molecular weight is 343 g/mol. The normalized spacial score (nSPS) is 16.5. The fraction of sp³-hybridized carbons (Fsp3) is 0.263. The number of hydrogen-bond donors (Lipinski definition) is 1. The van der Waals surface area contributed by atoms with Gasteiger partial charge in [0.1, 0.15) is 24.0 Å². The van der Waals surface area contributed by atoms with Crippen LogP contribution in [0.4, 0.5) is 5.82 Å². The lowest BCUT2D eigenvalue weighted by Crippen LogP contribution is -2.23. The molecule has 1 aliphatic rings. The Bertz CT molecular complexity index is 1180. The summed E-state index contributed by atoms with van der Waals surface area (Å²) in [4.78, 5) is 9.13. The van der Waals surface area contributed by atoms with Gasteiger partial charge in [-0.25, -0.2) is 14.6 Å². The van der Waals surface area contributed by atoms with Gasteiger partial charge in [-0.3, -0.25) is 4.40 Å². The molecule has 4 aromatic rings. The second-order valence-electron chi connectivity index (χ2n) is 6.64. The molecule has 0 spiro atoms. The summed E-state index contributed by atoms with van der Waals surface area (Å²) in [5.74, 6) is 1.88. The molecule has 7 nitrogen and oxygen atoms in total. The number of aromatic nitrogens is 5. The fourth-order valence-electron chi connectivity index (χ4n) is 3.80. The van der Waals surface area contributed by atoms with Crippen molar-refractivity contribution in [2.45, 2.75) is 32.4 Å². The number of anilines is 1. The number of imidazole rings is 1. The van der Waals surface area contributed by atoms with Gasteiger partial charge in [0.25, 0.3) is 0 Å². The molecule has 0 saturated heterocycles. The average Bonchev–Trinajstić information content (AvgIpc) is 3.27. The minimum atomic E-state index is 0.0861. The van der Waals surface area contributed by atoms with Crippen molar-refractivity contribution in [1.82, 2.24) is 24.1 Å². The van der Waals surface area contributed by atoms with Crippen LogP contribution >= 0.6 is 0 Å². The molecule has 0 bridgehead atoms. The van der Waals surface area contributed by atoms with Crippen molar-refractivity contribution >= 4 is 22.5 Å². The number of benzene rings is 1. The first kappa shape index (κ1) is 14.9. The van der Waals surface area contributed by atoms with Crippen LogP contribution < -0.4 is 5.32 Å². The van der Waals surface area contributed by atoms with Crippen molar-refractivity contribution < 1.29 is 0 Å². The van der Waals surface area contributed by atoms with Crippen LogP contribution in [0.15, 0.2) is 36.7 Å². The molecule has 1 aromatic carbocycles. The largest absolute Gasteiger partial charge is 0.361 e. The second kappa shape index (κ2) is 5.56. The molecular formula is C19H17N7. The summed E-state index contributed by atoms with van der Waals surface area (Å²) in [6.45, 7) is 2.86. The Kier molecular flexibility index (Phi) is 3.19. The molecule has 1 atom stereocenters. The van der Waals surface area contributed by atoms with Crippen molar-refractivity contribution in [1.29, 1.82) is 5.26 Å². The SMILES string of the molecule is Cc1cc(N[C@H]2CCCn3ncnc32)n2c(nc3ccccc32)c1C#N. The zero-order chi connectivity index (χ0) is 17.7. The van der Waals surface area contributed by atoms with Gasteiger partial charge >= 0.3 is 0 Å². The van der Waals surface area contributed by atoms with Crippen LogP contribution in [-0.2, 0) is 6.54 Å². The lowest BCUT2D eigenvalue weighted by molar-refractivity contribution is 0.437. The molecule has 0 saturated carbocycles. The first-order valence-corrected chi connectivity index (χ1v) is 8.71. The number of aryl methyl sites for hydroxylation is 2. The number of hydrogen-bond acceptors (Lipinski definition) is 5. The summed E-state index contributed by atoms with van der Waals surface area (Å²) >= 11 is 0. The maximum atomic E-state index is 9.61. The zero-order valence-corrected chi connectivity index (χ0v) is 14.3. The van der Waals surface area contributed by atoms with Gasteiger partial charge < -0.3 is 5.32 Å². The van der Waals surface area contributed by atoms with Gasteiger partial charge in [0.15, 0.2) is 5.65 Å². The quantitative estimate of drug-likeness (QED) is 0.604. The maximum Gasteiger partial charge on any atom is 0.157 e. The summed E-state index contributed by atoms with van der Waals surface area (Å²) in [6.07, 6.45) is 3.66. The van der Waals surface area contributed by atoms with E-state index in [1.54, 1.807) is 6.33 Å². The Hall–Kier alpha value is -3.40. The van der Waals surface area contributed by atoms with E-state index in [0.29, 0.717) is 11.2 Å². The Morgan fingerprint density at radius 2 is 2.19 bits per heavy atom. The third kappa shape index (κ3) is 2.09. The van der Waals surface area contributed by atoms with E-state index in [-0.39, 0.29) is 6.04 Å². The highest BCUT2D eigenvalue weighted by Gasteiger charge is 2.24. The highest BCUT2D eigenvalue weighted by atomic mass is 15.4. The van der Waals surface area contributed by atoms with Gasteiger partial charge in [0, 0.05) is 6.54 Å². The van der Waals surface area contributed by atoms with E-state index in [2.05, 4.69) is 21.5 Å². The Labute approximate surface area is 149 Å². The summed E-state index contributed by atoms with van der Waals surface area (Å²) in [7, 11) is 0. The zero-order valence-electron chi connectivity index (χ0n) is 14.3. The Balaban J connectivity index is 1.73. The van der Waals surface area contributed by atoms with E-state index in [1.165, 1.54) is 0 Å². The predicted molar refractivity (Wildman–Crippen MR) is 97.8 cm³/mol. The van der Waals surface area contributed by atoms with Gasteiger partial charge in [-0.15, -0.1) is 0 Å². The molecule has 26 heavy (non-hydrogen) atoms. The third-order valence-electron chi connectivity index (χ3n) is 5.03. The van der Waals surface area contributed by atoms with E-state index in [1.807, 2.05) is 46.3 Å². The van der Waals surface area contributed by atoms with E-state index in [9.17, 15) is 5.26 Å². The molecule has 0 fully saturated rings. The van der Waals surface area contributed by atoms with Gasteiger partial charge in [0.05, 0.1) is 22.6 Å². The van der Waals surface area contributed by atoms with Crippen molar-refractivity contribution in [3.63, 3.8) is 0 Å². The molecule has 0 amide bonds. The van der Waals surface area contributed by atoms with E-state index in [0.717, 1.165) is 47.6 Å². The van der Waals surface area contributed by atoms with Crippen molar-refractivity contribution in [2.75, 3.05) is 5.32 Å². The maximum absolute atomic E-state index is 9.61. The molecule has 3 aromatic heterocycles. The van der Waals surface area contributed by atoms with Crippen LogP contribution in [0.3, 0.4) is 0 Å². The molecule has 7 heteroatoms. The summed E-state index contributed by atoms with van der Waals surface area (Å²) < 4.78 is 4.00. The number of rotatable bonds is 2. The fourth-order valence-corrected chi connectivity index (χ4v) is 3.80. The van der Waals surface area contributed by atoms with Gasteiger partial charge in [0.2, 0.25) is 0 Å². The molecule has 0 radical (unpaired) electrons. The number of nitriles is 1. The van der Waals surface area contributed by atoms with Gasteiger partial charge in [-0.2, -0.15) is 10.4 Å². The van der Waals surface area contributed by atoms with E-state index < -0.39 is 0 Å². The van der Waals surface area contributed by atoms with Crippen LogP contribution in [0, 0.1) is 18.3 Å². The smallest absolute Gasteiger partial charge is 0.157 e. The minimum Gasteiger partial charge on any atom is -0.361 e. The highest BCUT2D eigenvalue weighted by molar-refractivity contribution is 5.85. The molecule has 1 aliphatic heterocycles. The summed E-state index contributed by atoms with van der Waals surface area (Å²) in [5.41, 5.74) is 4.07. The summed E-state index contributed by atoms with van der Waals surface area (Å²) in [5, 5.41) is 17.5. The van der Waals surface area contributed by atoms with E-state index in [4.69, 9.17) is 4.98 Å². The highest BCUT2D eigenvalue weighted by Crippen LogP contribution is 2.31. The molecular weight excluding hydrogens is 326 g/mol.